The van der Waals surface area contributed by atoms with E-state index >= 15 is 0 Å². The van der Waals surface area contributed by atoms with Crippen LogP contribution in [0.5, 0.6) is 5.75 Å². The molecule has 1 aliphatic rings. The summed E-state index contributed by atoms with van der Waals surface area (Å²) < 4.78 is 5.52. The van der Waals surface area contributed by atoms with Crippen molar-refractivity contribution in [3.05, 3.63) is 23.0 Å². The second-order valence-corrected chi connectivity index (χ2v) is 3.77. The Hall–Kier alpha value is -1.29. The molecule has 1 aromatic heterocycles. The zero-order valence-electron chi connectivity index (χ0n) is 8.29. The zero-order chi connectivity index (χ0) is 10.8. The highest BCUT2D eigenvalue weighted by atomic mass is 35.5. The van der Waals surface area contributed by atoms with Gasteiger partial charge in [-0.3, -0.25) is 4.79 Å². The molecular weight excluding hydrogens is 216 g/mol. The van der Waals surface area contributed by atoms with Crippen molar-refractivity contribution in [3.8, 4) is 5.75 Å². The number of nitrogens with zero attached hydrogens (tertiary/aromatic N) is 1. The molecule has 0 aromatic carbocycles. The Morgan fingerprint density at radius 2 is 2.40 bits per heavy atom. The molecule has 0 radical (unpaired) electrons. The molecule has 2 rings (SSSR count). The maximum Gasteiger partial charge on any atom is 0.252 e. The number of pyridine rings is 1. The second-order valence-electron chi connectivity index (χ2n) is 3.41. The lowest BCUT2D eigenvalue weighted by atomic mass is 10.2. The number of halogens is 1. The number of carbonyl (C=O) groups is 1. The minimum absolute atomic E-state index is 0.195. The van der Waals surface area contributed by atoms with Gasteiger partial charge in [-0.2, -0.15) is 0 Å². The monoisotopic (exact) mass is 226 g/mol. The van der Waals surface area contributed by atoms with Gasteiger partial charge in [0.2, 0.25) is 0 Å². The topological polar surface area (TPSA) is 51.2 Å². The van der Waals surface area contributed by atoms with Gasteiger partial charge in [0.05, 0.1) is 11.7 Å². The van der Waals surface area contributed by atoms with Gasteiger partial charge in [-0.25, -0.2) is 4.98 Å². The molecular formula is C10H11ClN2O2. The summed E-state index contributed by atoms with van der Waals surface area (Å²) in [5.41, 5.74) is 0.456. The van der Waals surface area contributed by atoms with E-state index in [1.807, 2.05) is 0 Å². The average Bonchev–Trinajstić information content (AvgIpc) is 3.04. The van der Waals surface area contributed by atoms with Crippen molar-refractivity contribution in [2.45, 2.75) is 18.9 Å². The normalized spacial score (nSPS) is 14.8. The third-order valence-corrected chi connectivity index (χ3v) is 2.40. The van der Waals surface area contributed by atoms with E-state index in [0.717, 1.165) is 12.8 Å². The number of nitrogens with one attached hydrogen (secondary N) is 1. The Labute approximate surface area is 92.6 Å². The first-order valence-electron chi connectivity index (χ1n) is 4.75. The molecule has 4 nitrogen and oxygen atoms in total. The highest BCUT2D eigenvalue weighted by Gasteiger charge is 2.25. The van der Waals surface area contributed by atoms with E-state index in [4.69, 9.17) is 16.3 Å². The molecule has 1 aromatic rings. The summed E-state index contributed by atoms with van der Waals surface area (Å²) in [4.78, 5) is 15.2. The van der Waals surface area contributed by atoms with Crippen LogP contribution in [0, 0.1) is 0 Å². The van der Waals surface area contributed by atoms with E-state index in [9.17, 15) is 4.79 Å². The lowest BCUT2D eigenvalue weighted by Crippen LogP contribution is -2.18. The van der Waals surface area contributed by atoms with Gasteiger partial charge in [-0.05, 0) is 18.9 Å². The number of hydrogen-bond donors (Lipinski definition) is 1. The van der Waals surface area contributed by atoms with Crippen LogP contribution in [-0.2, 0) is 0 Å². The zero-order valence-corrected chi connectivity index (χ0v) is 9.04. The molecule has 1 N–H and O–H groups in total. The van der Waals surface area contributed by atoms with Gasteiger partial charge >= 0.3 is 0 Å². The van der Waals surface area contributed by atoms with Crippen LogP contribution in [-0.4, -0.2) is 24.0 Å². The summed E-state index contributed by atoms with van der Waals surface area (Å²) in [6.07, 6.45) is 3.76. The lowest BCUT2D eigenvalue weighted by Gasteiger charge is -2.07. The lowest BCUT2D eigenvalue weighted by molar-refractivity contribution is 0.0962. The smallest absolute Gasteiger partial charge is 0.252 e. The average molecular weight is 227 g/mol. The first kappa shape index (κ1) is 10.2. The molecule has 0 bridgehead atoms. The number of hydrogen-bond acceptors (Lipinski definition) is 3. The van der Waals surface area contributed by atoms with E-state index in [1.54, 1.807) is 13.1 Å². The van der Waals surface area contributed by atoms with Gasteiger partial charge in [-0.15, -0.1) is 0 Å². The largest absolute Gasteiger partial charge is 0.487 e. The van der Waals surface area contributed by atoms with Gasteiger partial charge in [-0.1, -0.05) is 11.6 Å². The summed E-state index contributed by atoms with van der Waals surface area (Å²) in [6.45, 7) is 0. The van der Waals surface area contributed by atoms with Crippen LogP contribution in [0.15, 0.2) is 12.3 Å². The fourth-order valence-corrected chi connectivity index (χ4v) is 1.29. The standard InChI is InChI=1S/C10H11ClN2O2/c1-12-10(14)6-4-8(9(11)13-5-6)15-7-2-3-7/h4-5,7H,2-3H2,1H3,(H,12,14). The summed E-state index contributed by atoms with van der Waals surface area (Å²) in [5.74, 6) is 0.292. The maximum absolute atomic E-state index is 11.3. The van der Waals surface area contributed by atoms with Gasteiger partial charge < -0.3 is 10.1 Å². The van der Waals surface area contributed by atoms with Crippen molar-refractivity contribution in [3.63, 3.8) is 0 Å². The van der Waals surface area contributed by atoms with Crippen LogP contribution < -0.4 is 10.1 Å². The van der Waals surface area contributed by atoms with Crippen molar-refractivity contribution >= 4 is 17.5 Å². The predicted octanol–water partition coefficient (Wildman–Crippen LogP) is 1.64. The van der Waals surface area contributed by atoms with Crippen molar-refractivity contribution in [1.82, 2.24) is 10.3 Å². The summed E-state index contributed by atoms with van der Waals surface area (Å²) >= 11 is 5.85. The molecule has 1 aliphatic carbocycles. The van der Waals surface area contributed by atoms with Gasteiger partial charge in [0.1, 0.15) is 0 Å². The fraction of sp³-hybridized carbons (Fsp3) is 0.400. The van der Waals surface area contributed by atoms with E-state index in [-0.39, 0.29) is 12.0 Å². The Kier molecular flexibility index (Phi) is 2.77. The van der Waals surface area contributed by atoms with Crippen molar-refractivity contribution in [2.75, 3.05) is 7.05 Å². The molecule has 0 unspecified atom stereocenters. The van der Waals surface area contributed by atoms with Crippen LogP contribution in [0.25, 0.3) is 0 Å². The molecule has 80 valence electrons. The molecule has 1 amide bonds. The summed E-state index contributed by atoms with van der Waals surface area (Å²) in [5, 5.41) is 2.82. The Bertz CT molecular complexity index is 391. The quantitative estimate of drug-likeness (QED) is 0.798. The molecule has 5 heteroatoms. The number of rotatable bonds is 3. The molecule has 0 spiro atoms. The highest BCUT2D eigenvalue weighted by molar-refractivity contribution is 6.30. The number of carbonyl (C=O) groups excluding carboxylic acids is 1. The Morgan fingerprint density at radius 3 is 3.00 bits per heavy atom. The minimum atomic E-state index is -0.195. The summed E-state index contributed by atoms with van der Waals surface area (Å²) in [7, 11) is 1.57. The van der Waals surface area contributed by atoms with E-state index in [1.165, 1.54) is 6.20 Å². The molecule has 15 heavy (non-hydrogen) atoms. The van der Waals surface area contributed by atoms with Gasteiger partial charge in [0, 0.05) is 13.2 Å². The first-order valence-corrected chi connectivity index (χ1v) is 5.13. The van der Waals surface area contributed by atoms with Crippen molar-refractivity contribution in [1.29, 1.82) is 0 Å². The van der Waals surface area contributed by atoms with Crippen LogP contribution in [0.3, 0.4) is 0 Å². The van der Waals surface area contributed by atoms with Crippen molar-refractivity contribution < 1.29 is 9.53 Å². The predicted molar refractivity (Wildman–Crippen MR) is 56.3 cm³/mol. The third kappa shape index (κ3) is 2.39. The van der Waals surface area contributed by atoms with E-state index in [2.05, 4.69) is 10.3 Å². The Morgan fingerprint density at radius 1 is 1.67 bits per heavy atom. The highest BCUT2D eigenvalue weighted by Crippen LogP contribution is 2.31. The SMILES string of the molecule is CNC(=O)c1cnc(Cl)c(OC2CC2)c1. The maximum atomic E-state index is 11.3. The van der Waals surface area contributed by atoms with Crippen LogP contribution in [0.2, 0.25) is 5.15 Å². The number of ether oxygens (including phenoxy) is 1. The van der Waals surface area contributed by atoms with E-state index in [0.29, 0.717) is 16.5 Å². The van der Waals surface area contributed by atoms with Crippen LogP contribution >= 0.6 is 11.6 Å². The van der Waals surface area contributed by atoms with Gasteiger partial charge in [0.15, 0.2) is 10.9 Å². The minimum Gasteiger partial charge on any atom is -0.487 e. The molecule has 1 heterocycles. The van der Waals surface area contributed by atoms with Crippen molar-refractivity contribution in [2.24, 2.45) is 0 Å². The van der Waals surface area contributed by atoms with Crippen LogP contribution in [0.4, 0.5) is 0 Å². The molecule has 0 atom stereocenters. The van der Waals surface area contributed by atoms with Gasteiger partial charge in [0.25, 0.3) is 5.91 Å². The Balaban J connectivity index is 2.22. The number of aromatic nitrogens is 1. The number of amides is 1. The molecule has 1 saturated carbocycles. The first-order chi connectivity index (χ1) is 7.20. The summed E-state index contributed by atoms with van der Waals surface area (Å²) in [6, 6.07) is 1.62. The molecule has 0 saturated heterocycles. The second kappa shape index (κ2) is 4.06. The third-order valence-electron chi connectivity index (χ3n) is 2.11. The van der Waals surface area contributed by atoms with E-state index < -0.39 is 0 Å². The molecule has 0 aliphatic heterocycles. The fourth-order valence-electron chi connectivity index (χ4n) is 1.14. The van der Waals surface area contributed by atoms with Crippen LogP contribution in [0.1, 0.15) is 23.2 Å². The molecule has 1 fully saturated rings.